The molecule has 172 valence electrons. The lowest BCUT2D eigenvalue weighted by Crippen LogP contribution is -2.54. The maximum absolute atomic E-state index is 13.2. The van der Waals surface area contributed by atoms with Gasteiger partial charge in [-0.25, -0.2) is 9.69 Å². The van der Waals surface area contributed by atoms with Crippen LogP contribution in [0.3, 0.4) is 0 Å². The highest BCUT2D eigenvalue weighted by Crippen LogP contribution is 2.35. The predicted molar refractivity (Wildman–Crippen MR) is 133 cm³/mol. The fourth-order valence-electron chi connectivity index (χ4n) is 3.21. The van der Waals surface area contributed by atoms with E-state index >= 15 is 0 Å². The molecule has 0 bridgehead atoms. The summed E-state index contributed by atoms with van der Waals surface area (Å²) in [5.74, 6) is -1.47. The molecule has 0 aliphatic carbocycles. The summed E-state index contributed by atoms with van der Waals surface area (Å²) in [6, 6.07) is 15.2. The van der Waals surface area contributed by atoms with Crippen LogP contribution in [0.25, 0.3) is 6.08 Å². The first-order chi connectivity index (χ1) is 16.2. The molecule has 1 aliphatic rings. The number of anilines is 1. The normalized spacial score (nSPS) is 15.0. The number of halogens is 4. The van der Waals surface area contributed by atoms with Gasteiger partial charge in [-0.1, -0.05) is 58.5 Å². The number of carbonyl (C=O) groups excluding carboxylic acids is 3. The summed E-state index contributed by atoms with van der Waals surface area (Å²) in [4.78, 5) is 38.9. The Kier molecular flexibility index (Phi) is 7.14. The van der Waals surface area contributed by atoms with E-state index in [1.54, 1.807) is 24.3 Å². The van der Waals surface area contributed by atoms with Gasteiger partial charge in [0, 0.05) is 20.6 Å². The lowest BCUT2D eigenvalue weighted by atomic mass is 10.1. The van der Waals surface area contributed by atoms with Crippen molar-refractivity contribution in [2.75, 3.05) is 4.90 Å². The van der Waals surface area contributed by atoms with Crippen LogP contribution < -0.4 is 15.0 Å². The smallest absolute Gasteiger partial charge is 0.335 e. The van der Waals surface area contributed by atoms with Gasteiger partial charge in [0.25, 0.3) is 11.8 Å². The molecule has 1 N–H and O–H groups in total. The van der Waals surface area contributed by atoms with Crippen LogP contribution in [0.4, 0.5) is 10.5 Å². The molecule has 1 aliphatic heterocycles. The standard InChI is InChI=1S/C24H14Cl4N2O4/c25-15-3-1-13(2-4-15)12-34-21-14(9-17(27)11-20(21)28)10-19-22(31)29-24(33)30(23(19)32)18-7-5-16(26)6-8-18/h1-11H,12H2,(H,29,31,33)/b19-10+. The van der Waals surface area contributed by atoms with Crippen molar-refractivity contribution < 1.29 is 19.1 Å². The SMILES string of the molecule is O=C1NC(=O)N(c2ccc(Cl)cc2)C(=O)/C1=C/c1cc(Cl)cc(Cl)c1OCc1ccc(Cl)cc1. The molecule has 3 aromatic rings. The number of carbonyl (C=O) groups is 3. The number of nitrogens with one attached hydrogen (secondary N) is 1. The number of benzene rings is 3. The van der Waals surface area contributed by atoms with Crippen molar-refractivity contribution >= 4 is 76.0 Å². The van der Waals surface area contributed by atoms with Crippen molar-refractivity contribution in [2.45, 2.75) is 6.61 Å². The van der Waals surface area contributed by atoms with E-state index in [1.165, 1.54) is 42.5 Å². The van der Waals surface area contributed by atoms with E-state index in [1.807, 2.05) is 0 Å². The predicted octanol–water partition coefficient (Wildman–Crippen LogP) is 6.55. The Labute approximate surface area is 214 Å². The van der Waals surface area contributed by atoms with Crippen molar-refractivity contribution in [1.82, 2.24) is 5.32 Å². The molecule has 3 aromatic carbocycles. The molecule has 1 saturated heterocycles. The fourth-order valence-corrected chi connectivity index (χ4v) is 4.03. The molecular weight excluding hydrogens is 522 g/mol. The lowest BCUT2D eigenvalue weighted by molar-refractivity contribution is -0.122. The zero-order valence-corrected chi connectivity index (χ0v) is 20.2. The Morgan fingerprint density at radius 3 is 2.09 bits per heavy atom. The van der Waals surface area contributed by atoms with Gasteiger partial charge in [-0.3, -0.25) is 14.9 Å². The summed E-state index contributed by atoms with van der Waals surface area (Å²) in [5.41, 5.74) is 1.05. The van der Waals surface area contributed by atoms with E-state index in [-0.39, 0.29) is 39.2 Å². The quantitative estimate of drug-likeness (QED) is 0.297. The van der Waals surface area contributed by atoms with E-state index in [2.05, 4.69) is 5.32 Å². The van der Waals surface area contributed by atoms with Gasteiger partial charge in [-0.05, 0) is 60.2 Å². The minimum Gasteiger partial charge on any atom is -0.487 e. The van der Waals surface area contributed by atoms with E-state index < -0.39 is 17.8 Å². The van der Waals surface area contributed by atoms with Crippen LogP contribution in [0.5, 0.6) is 5.75 Å². The van der Waals surface area contributed by atoms with Gasteiger partial charge in [0.2, 0.25) is 0 Å². The third kappa shape index (κ3) is 5.21. The van der Waals surface area contributed by atoms with Crippen LogP contribution in [-0.2, 0) is 16.2 Å². The van der Waals surface area contributed by atoms with Crippen molar-refractivity contribution in [3.8, 4) is 5.75 Å². The Bertz CT molecular complexity index is 1320. The average Bonchev–Trinajstić information content (AvgIpc) is 2.78. The minimum absolute atomic E-state index is 0.143. The molecule has 4 amide bonds. The Morgan fingerprint density at radius 2 is 1.44 bits per heavy atom. The number of hydrogen-bond donors (Lipinski definition) is 1. The lowest BCUT2D eigenvalue weighted by Gasteiger charge is -2.26. The zero-order chi connectivity index (χ0) is 24.4. The first kappa shape index (κ1) is 24.1. The van der Waals surface area contributed by atoms with Gasteiger partial charge in [-0.15, -0.1) is 0 Å². The van der Waals surface area contributed by atoms with Crippen molar-refractivity contribution in [3.05, 3.63) is 97.5 Å². The van der Waals surface area contributed by atoms with E-state index in [9.17, 15) is 14.4 Å². The number of urea groups is 1. The van der Waals surface area contributed by atoms with E-state index in [0.29, 0.717) is 10.0 Å². The molecule has 1 fully saturated rings. The molecule has 0 saturated carbocycles. The number of barbiturate groups is 1. The molecule has 6 nitrogen and oxygen atoms in total. The number of nitrogens with zero attached hydrogens (tertiary/aromatic N) is 1. The average molecular weight is 536 g/mol. The monoisotopic (exact) mass is 534 g/mol. The second-order valence-corrected chi connectivity index (χ2v) is 8.87. The number of hydrogen-bond acceptors (Lipinski definition) is 4. The maximum atomic E-state index is 13.2. The van der Waals surface area contributed by atoms with Gasteiger partial charge in [0.15, 0.2) is 0 Å². The minimum atomic E-state index is -0.877. The van der Waals surface area contributed by atoms with E-state index in [0.717, 1.165) is 10.5 Å². The molecule has 0 atom stereocenters. The third-order valence-electron chi connectivity index (χ3n) is 4.82. The summed E-state index contributed by atoms with van der Waals surface area (Å²) in [5, 5.41) is 3.62. The van der Waals surface area contributed by atoms with Crippen molar-refractivity contribution in [1.29, 1.82) is 0 Å². The molecule has 10 heteroatoms. The van der Waals surface area contributed by atoms with Crippen LogP contribution in [0.2, 0.25) is 20.1 Å². The van der Waals surface area contributed by atoms with Crippen molar-refractivity contribution in [3.63, 3.8) is 0 Å². The first-order valence-corrected chi connectivity index (χ1v) is 11.3. The number of ether oxygens (including phenoxy) is 1. The maximum Gasteiger partial charge on any atom is 0.335 e. The molecule has 0 unspecified atom stereocenters. The largest absolute Gasteiger partial charge is 0.487 e. The van der Waals surface area contributed by atoms with Crippen LogP contribution in [0.1, 0.15) is 11.1 Å². The summed E-state index contributed by atoms with van der Waals surface area (Å²) in [6.07, 6.45) is 1.28. The highest BCUT2D eigenvalue weighted by molar-refractivity contribution is 6.40. The van der Waals surface area contributed by atoms with E-state index in [4.69, 9.17) is 51.1 Å². The highest BCUT2D eigenvalue weighted by Gasteiger charge is 2.37. The Morgan fingerprint density at radius 1 is 0.824 bits per heavy atom. The van der Waals surface area contributed by atoms with Gasteiger partial charge >= 0.3 is 6.03 Å². The highest BCUT2D eigenvalue weighted by atomic mass is 35.5. The molecular formula is C24H14Cl4N2O4. The molecule has 0 spiro atoms. The molecule has 1 heterocycles. The van der Waals surface area contributed by atoms with Crippen LogP contribution in [0.15, 0.2) is 66.2 Å². The van der Waals surface area contributed by atoms with Crippen LogP contribution in [0, 0.1) is 0 Å². The summed E-state index contributed by atoms with van der Waals surface area (Å²) in [7, 11) is 0. The number of imide groups is 2. The molecule has 34 heavy (non-hydrogen) atoms. The van der Waals surface area contributed by atoms with Crippen LogP contribution in [-0.4, -0.2) is 17.8 Å². The Hall–Kier alpha value is -3.03. The van der Waals surface area contributed by atoms with Crippen molar-refractivity contribution in [2.24, 2.45) is 0 Å². The van der Waals surface area contributed by atoms with Gasteiger partial charge in [0.1, 0.15) is 17.9 Å². The summed E-state index contributed by atoms with van der Waals surface area (Å²) in [6.45, 7) is 0.143. The van der Waals surface area contributed by atoms with Gasteiger partial charge in [0.05, 0.1) is 10.7 Å². The second kappa shape index (κ2) is 10.1. The van der Waals surface area contributed by atoms with Crippen LogP contribution >= 0.6 is 46.4 Å². The second-order valence-electron chi connectivity index (χ2n) is 7.16. The van der Waals surface area contributed by atoms with Gasteiger partial charge in [-0.2, -0.15) is 0 Å². The Balaban J connectivity index is 1.70. The first-order valence-electron chi connectivity index (χ1n) is 9.76. The molecule has 0 radical (unpaired) electrons. The third-order valence-corrected chi connectivity index (χ3v) is 5.82. The molecule has 0 aromatic heterocycles. The topological polar surface area (TPSA) is 75.7 Å². The number of rotatable bonds is 5. The number of amides is 4. The van der Waals surface area contributed by atoms with Gasteiger partial charge < -0.3 is 4.74 Å². The fraction of sp³-hybridized carbons (Fsp3) is 0.0417. The summed E-state index contributed by atoms with van der Waals surface area (Å²) >= 11 is 24.3. The zero-order valence-electron chi connectivity index (χ0n) is 17.2. The summed E-state index contributed by atoms with van der Waals surface area (Å²) < 4.78 is 5.89. The molecule has 4 rings (SSSR count).